The SMILES string of the molecule is O=[N+]([O-])c1c(NC2CCOCC2)nc2sccn12. The molecular formula is C10H12N4O3S. The fourth-order valence-electron chi connectivity index (χ4n) is 2.08. The smallest absolute Gasteiger partial charge is 0.372 e. The first-order valence-corrected chi connectivity index (χ1v) is 6.58. The van der Waals surface area contributed by atoms with Crippen molar-refractivity contribution in [2.75, 3.05) is 18.5 Å². The summed E-state index contributed by atoms with van der Waals surface area (Å²) in [6.07, 6.45) is 3.37. The molecule has 0 aliphatic carbocycles. The monoisotopic (exact) mass is 268 g/mol. The average molecular weight is 268 g/mol. The molecule has 7 nitrogen and oxygen atoms in total. The van der Waals surface area contributed by atoms with E-state index in [0.717, 1.165) is 12.8 Å². The summed E-state index contributed by atoms with van der Waals surface area (Å²) in [5.74, 6) is 0.372. The highest BCUT2D eigenvalue weighted by atomic mass is 32.1. The number of nitrogens with zero attached hydrogens (tertiary/aromatic N) is 3. The van der Waals surface area contributed by atoms with Crippen LogP contribution in [0.5, 0.6) is 0 Å². The maximum absolute atomic E-state index is 11.1. The molecule has 2 aromatic rings. The number of nitro groups is 1. The lowest BCUT2D eigenvalue weighted by Gasteiger charge is -2.22. The molecule has 1 saturated heterocycles. The van der Waals surface area contributed by atoms with E-state index in [1.165, 1.54) is 15.7 Å². The molecule has 1 aliphatic rings. The number of thiazole rings is 1. The van der Waals surface area contributed by atoms with Crippen LogP contribution in [0, 0.1) is 10.1 Å². The van der Waals surface area contributed by atoms with Gasteiger partial charge in [0.2, 0.25) is 5.82 Å². The largest absolute Gasteiger partial charge is 0.381 e. The van der Waals surface area contributed by atoms with Gasteiger partial charge in [0.15, 0.2) is 0 Å². The van der Waals surface area contributed by atoms with Gasteiger partial charge in [-0.2, -0.15) is 9.38 Å². The molecule has 1 aliphatic heterocycles. The van der Waals surface area contributed by atoms with Gasteiger partial charge in [-0.15, -0.1) is 0 Å². The Morgan fingerprint density at radius 1 is 1.56 bits per heavy atom. The molecule has 0 aromatic carbocycles. The zero-order valence-electron chi connectivity index (χ0n) is 9.54. The van der Waals surface area contributed by atoms with Crippen molar-refractivity contribution >= 4 is 27.9 Å². The van der Waals surface area contributed by atoms with Crippen molar-refractivity contribution in [2.24, 2.45) is 0 Å². The van der Waals surface area contributed by atoms with Crippen LogP contribution in [0.25, 0.3) is 4.96 Å². The number of hydrogen-bond acceptors (Lipinski definition) is 6. The molecule has 1 N–H and O–H groups in total. The topological polar surface area (TPSA) is 81.7 Å². The fourth-order valence-corrected chi connectivity index (χ4v) is 2.79. The first-order chi connectivity index (χ1) is 8.75. The van der Waals surface area contributed by atoms with Crippen LogP contribution in [0.2, 0.25) is 0 Å². The van der Waals surface area contributed by atoms with Crippen LogP contribution < -0.4 is 5.32 Å². The van der Waals surface area contributed by atoms with Gasteiger partial charge in [0.05, 0.1) is 0 Å². The molecule has 3 heterocycles. The van der Waals surface area contributed by atoms with Crippen LogP contribution in [0.3, 0.4) is 0 Å². The maximum Gasteiger partial charge on any atom is 0.372 e. The molecule has 0 amide bonds. The van der Waals surface area contributed by atoms with E-state index < -0.39 is 4.92 Å². The van der Waals surface area contributed by atoms with Crippen LogP contribution in [0.4, 0.5) is 11.6 Å². The molecular weight excluding hydrogens is 256 g/mol. The van der Waals surface area contributed by atoms with Crippen LogP contribution in [-0.4, -0.2) is 33.6 Å². The molecule has 0 radical (unpaired) electrons. The minimum absolute atomic E-state index is 0.0118. The number of rotatable bonds is 3. The van der Waals surface area contributed by atoms with Crippen molar-refractivity contribution < 1.29 is 9.66 Å². The second kappa shape index (κ2) is 4.54. The summed E-state index contributed by atoms with van der Waals surface area (Å²) in [6, 6.07) is 0.196. The number of nitrogens with one attached hydrogen (secondary N) is 1. The Morgan fingerprint density at radius 2 is 2.33 bits per heavy atom. The summed E-state index contributed by atoms with van der Waals surface area (Å²) in [7, 11) is 0. The van der Waals surface area contributed by atoms with E-state index >= 15 is 0 Å². The normalized spacial score (nSPS) is 17.1. The maximum atomic E-state index is 11.1. The van der Waals surface area contributed by atoms with E-state index in [1.54, 1.807) is 11.6 Å². The summed E-state index contributed by atoms with van der Waals surface area (Å²) in [4.78, 5) is 15.6. The minimum atomic E-state index is -0.394. The molecule has 0 unspecified atom stereocenters. The number of imidazole rings is 1. The van der Waals surface area contributed by atoms with Gasteiger partial charge in [0.1, 0.15) is 6.20 Å². The summed E-state index contributed by atoms with van der Waals surface area (Å²) < 4.78 is 6.77. The Bertz CT molecular complexity index is 573. The van der Waals surface area contributed by atoms with Crippen LogP contribution >= 0.6 is 11.3 Å². The molecule has 0 spiro atoms. The van der Waals surface area contributed by atoms with Crippen molar-refractivity contribution in [3.8, 4) is 0 Å². The van der Waals surface area contributed by atoms with Crippen LogP contribution in [-0.2, 0) is 4.74 Å². The van der Waals surface area contributed by atoms with E-state index in [0.29, 0.717) is 24.0 Å². The molecule has 3 rings (SSSR count). The molecule has 96 valence electrons. The van der Waals surface area contributed by atoms with Crippen LogP contribution in [0.15, 0.2) is 11.6 Å². The van der Waals surface area contributed by atoms with Crippen LogP contribution in [0.1, 0.15) is 12.8 Å². The number of hydrogen-bond donors (Lipinski definition) is 1. The standard InChI is InChI=1S/C10H12N4O3S/c15-14(16)9-8(11-7-1-4-17-5-2-7)12-10-13(9)3-6-18-10/h3,6-7,11H,1-2,4-5H2. The molecule has 18 heavy (non-hydrogen) atoms. The zero-order valence-corrected chi connectivity index (χ0v) is 10.4. The predicted molar refractivity (Wildman–Crippen MR) is 67.2 cm³/mol. The molecule has 2 aromatic heterocycles. The third-order valence-corrected chi connectivity index (χ3v) is 3.73. The summed E-state index contributed by atoms with van der Waals surface area (Å²) in [5, 5.41) is 16.1. The van der Waals surface area contributed by atoms with E-state index in [-0.39, 0.29) is 11.9 Å². The van der Waals surface area contributed by atoms with Gasteiger partial charge in [-0.3, -0.25) is 0 Å². The van der Waals surface area contributed by atoms with Crippen molar-refractivity contribution in [3.05, 3.63) is 21.7 Å². The molecule has 0 saturated carbocycles. The molecule has 8 heteroatoms. The Hall–Kier alpha value is -1.67. The Kier molecular flexibility index (Phi) is 2.88. The fraction of sp³-hybridized carbons (Fsp3) is 0.500. The van der Waals surface area contributed by atoms with Gasteiger partial charge in [-0.05, 0) is 17.8 Å². The minimum Gasteiger partial charge on any atom is -0.381 e. The third kappa shape index (κ3) is 1.93. The van der Waals surface area contributed by atoms with Crippen molar-refractivity contribution in [2.45, 2.75) is 18.9 Å². The van der Waals surface area contributed by atoms with Gasteiger partial charge in [-0.1, -0.05) is 11.3 Å². The van der Waals surface area contributed by atoms with Gasteiger partial charge in [0, 0.05) is 24.6 Å². The van der Waals surface area contributed by atoms with Gasteiger partial charge in [0.25, 0.3) is 4.96 Å². The van der Waals surface area contributed by atoms with E-state index in [9.17, 15) is 10.1 Å². The highest BCUT2D eigenvalue weighted by molar-refractivity contribution is 7.15. The Morgan fingerprint density at radius 3 is 3.06 bits per heavy atom. The third-order valence-electron chi connectivity index (χ3n) is 2.97. The zero-order chi connectivity index (χ0) is 12.5. The molecule has 0 atom stereocenters. The molecule has 0 bridgehead atoms. The Labute approximate surface area is 107 Å². The van der Waals surface area contributed by atoms with Crippen molar-refractivity contribution in [1.29, 1.82) is 0 Å². The van der Waals surface area contributed by atoms with Gasteiger partial charge in [-0.25, -0.2) is 0 Å². The summed E-state index contributed by atoms with van der Waals surface area (Å²) >= 11 is 1.38. The van der Waals surface area contributed by atoms with E-state index in [1.807, 2.05) is 0 Å². The number of fused-ring (bicyclic) bond motifs is 1. The van der Waals surface area contributed by atoms with Gasteiger partial charge >= 0.3 is 5.82 Å². The highest BCUT2D eigenvalue weighted by Gasteiger charge is 2.26. The lowest BCUT2D eigenvalue weighted by molar-refractivity contribution is -0.389. The summed E-state index contributed by atoms with van der Waals surface area (Å²) in [5.41, 5.74) is 0. The lowest BCUT2D eigenvalue weighted by Crippen LogP contribution is -2.28. The number of ether oxygens (including phenoxy) is 1. The quantitative estimate of drug-likeness (QED) is 0.679. The second-order valence-electron chi connectivity index (χ2n) is 4.13. The number of aromatic nitrogens is 2. The highest BCUT2D eigenvalue weighted by Crippen LogP contribution is 2.29. The molecule has 1 fully saturated rings. The Balaban J connectivity index is 1.92. The number of anilines is 1. The van der Waals surface area contributed by atoms with E-state index in [2.05, 4.69) is 10.3 Å². The average Bonchev–Trinajstić information content (AvgIpc) is 2.89. The predicted octanol–water partition coefficient (Wildman–Crippen LogP) is 1.89. The summed E-state index contributed by atoms with van der Waals surface area (Å²) in [6.45, 7) is 1.38. The first-order valence-electron chi connectivity index (χ1n) is 5.70. The van der Waals surface area contributed by atoms with Crippen molar-refractivity contribution in [1.82, 2.24) is 9.38 Å². The second-order valence-corrected chi connectivity index (χ2v) is 5.00. The van der Waals surface area contributed by atoms with Crippen molar-refractivity contribution in [3.63, 3.8) is 0 Å². The first kappa shape index (κ1) is 11.4. The lowest BCUT2D eigenvalue weighted by atomic mass is 10.1. The van der Waals surface area contributed by atoms with Gasteiger partial charge < -0.3 is 20.2 Å². The van der Waals surface area contributed by atoms with E-state index in [4.69, 9.17) is 4.74 Å².